The highest BCUT2D eigenvalue weighted by Gasteiger charge is 2.48. The maximum Gasteiger partial charge on any atom is 0.301 e. The highest BCUT2D eigenvalue weighted by atomic mass is 35.5. The highest BCUT2D eigenvalue weighted by molar-refractivity contribution is 8.00. The number of hydrogen-bond acceptors (Lipinski definition) is 9. The summed E-state index contributed by atoms with van der Waals surface area (Å²) in [5.41, 5.74) is 1.94. The zero-order chi connectivity index (χ0) is 29.5. The van der Waals surface area contributed by atoms with Gasteiger partial charge in [-0.1, -0.05) is 89.3 Å². The summed E-state index contributed by atoms with van der Waals surface area (Å²) in [6.45, 7) is 0.782. The van der Waals surface area contributed by atoms with E-state index in [0.29, 0.717) is 51.0 Å². The summed E-state index contributed by atoms with van der Waals surface area (Å²) in [7, 11) is 0. The van der Waals surface area contributed by atoms with E-state index in [1.165, 1.54) is 28.0 Å². The van der Waals surface area contributed by atoms with Crippen LogP contribution in [-0.2, 0) is 15.3 Å². The Labute approximate surface area is 259 Å². The van der Waals surface area contributed by atoms with Crippen LogP contribution in [0.1, 0.15) is 22.7 Å². The number of rotatable bonds is 6. The quantitative estimate of drug-likeness (QED) is 0.0704. The van der Waals surface area contributed by atoms with Crippen LogP contribution in [0.5, 0.6) is 11.5 Å². The van der Waals surface area contributed by atoms with Gasteiger partial charge in [-0.2, -0.15) is 0 Å². The normalized spacial score (nSPS) is 17.5. The largest absolute Gasteiger partial charge is 0.507 e. The minimum Gasteiger partial charge on any atom is -0.507 e. The molecule has 0 aliphatic carbocycles. The molecule has 11 heteroatoms. The molecule has 1 N–H and O–H groups in total. The number of hydrogen-bond donors (Lipinski definition) is 1. The van der Waals surface area contributed by atoms with E-state index >= 15 is 0 Å². The number of Topliss-reactive ketones (excluding diaryl/α,β-unsaturated/α-hetero) is 1. The zero-order valence-corrected chi connectivity index (χ0v) is 24.8. The molecule has 1 atom stereocenters. The second-order valence-electron chi connectivity index (χ2n) is 9.86. The first-order chi connectivity index (χ1) is 21.0. The molecule has 0 radical (unpaired) electrons. The van der Waals surface area contributed by atoms with Crippen molar-refractivity contribution >= 4 is 68.1 Å². The number of ether oxygens (including phenoxy) is 2. The molecule has 8 nitrogen and oxygen atoms in total. The number of carbonyl (C=O) groups is 2. The van der Waals surface area contributed by atoms with Crippen LogP contribution in [0, 0.1) is 0 Å². The molecule has 4 aromatic carbocycles. The summed E-state index contributed by atoms with van der Waals surface area (Å²) in [6.07, 6.45) is 0. The van der Waals surface area contributed by atoms with Gasteiger partial charge in [-0.05, 0) is 52.2 Å². The summed E-state index contributed by atoms with van der Waals surface area (Å²) in [4.78, 5) is 28.4. The van der Waals surface area contributed by atoms with Gasteiger partial charge in [0, 0.05) is 16.3 Å². The molecule has 43 heavy (non-hydrogen) atoms. The second kappa shape index (κ2) is 11.4. The molecule has 1 saturated heterocycles. The molecular weight excluding hydrogens is 606 g/mol. The number of halogens is 1. The summed E-state index contributed by atoms with van der Waals surface area (Å²) < 4.78 is 11.9. The lowest BCUT2D eigenvalue weighted by molar-refractivity contribution is -0.132. The third kappa shape index (κ3) is 5.11. The monoisotopic (exact) mass is 627 g/mol. The molecule has 1 amide bonds. The van der Waals surface area contributed by atoms with E-state index in [4.69, 9.17) is 21.1 Å². The predicted octanol–water partition coefficient (Wildman–Crippen LogP) is 7.03. The van der Waals surface area contributed by atoms with Crippen molar-refractivity contribution in [1.82, 2.24) is 10.2 Å². The van der Waals surface area contributed by atoms with E-state index in [9.17, 15) is 14.7 Å². The van der Waals surface area contributed by atoms with Gasteiger partial charge < -0.3 is 14.6 Å². The Hall–Kier alpha value is -4.38. The van der Waals surface area contributed by atoms with E-state index in [2.05, 4.69) is 34.5 Å². The van der Waals surface area contributed by atoms with Gasteiger partial charge >= 0.3 is 5.91 Å². The Morgan fingerprint density at radius 2 is 1.74 bits per heavy atom. The first-order valence-electron chi connectivity index (χ1n) is 13.4. The average Bonchev–Trinajstić information content (AvgIpc) is 3.61. The van der Waals surface area contributed by atoms with Gasteiger partial charge in [-0.15, -0.1) is 10.2 Å². The third-order valence-electron chi connectivity index (χ3n) is 7.26. The van der Waals surface area contributed by atoms with Crippen molar-refractivity contribution < 1.29 is 24.2 Å². The van der Waals surface area contributed by atoms with Crippen LogP contribution in [0.25, 0.3) is 16.5 Å². The van der Waals surface area contributed by atoms with E-state index in [1.807, 2.05) is 18.2 Å². The fourth-order valence-electron chi connectivity index (χ4n) is 5.28. The number of aromatic nitrogens is 2. The lowest BCUT2D eigenvalue weighted by Gasteiger charge is -2.23. The van der Waals surface area contributed by atoms with Crippen LogP contribution in [0.3, 0.4) is 0 Å². The van der Waals surface area contributed by atoms with Gasteiger partial charge in [-0.3, -0.25) is 14.5 Å². The predicted molar refractivity (Wildman–Crippen MR) is 167 cm³/mol. The number of benzene rings is 4. The third-order valence-corrected chi connectivity index (χ3v) is 9.60. The fraction of sp³-hybridized carbons (Fsp3) is 0.125. The van der Waals surface area contributed by atoms with Gasteiger partial charge in [0.05, 0.1) is 11.6 Å². The van der Waals surface area contributed by atoms with Gasteiger partial charge in [0.25, 0.3) is 5.78 Å². The molecule has 2 aliphatic heterocycles. The molecule has 0 unspecified atom stereocenters. The number of fused-ring (bicyclic) bond motifs is 2. The lowest BCUT2D eigenvalue weighted by Crippen LogP contribution is -2.29. The molecule has 5 aromatic rings. The maximum atomic E-state index is 13.6. The number of thioether (sulfide) groups is 1. The van der Waals surface area contributed by atoms with Gasteiger partial charge in [0.15, 0.2) is 15.8 Å². The Kier molecular flexibility index (Phi) is 7.26. The second-order valence-corrected chi connectivity index (χ2v) is 12.5. The molecule has 214 valence electrons. The lowest BCUT2D eigenvalue weighted by atomic mass is 9.95. The Bertz CT molecular complexity index is 1940. The number of ketones is 1. The molecule has 2 aliphatic rings. The number of anilines is 1. The highest BCUT2D eigenvalue weighted by Crippen LogP contribution is 2.45. The number of nitrogens with zero attached hydrogens (tertiary/aromatic N) is 3. The minimum absolute atomic E-state index is 0.0795. The molecule has 3 heterocycles. The molecule has 1 fully saturated rings. The van der Waals surface area contributed by atoms with E-state index in [1.54, 1.807) is 42.5 Å². The molecule has 1 aromatic heterocycles. The van der Waals surface area contributed by atoms with Crippen LogP contribution in [0.15, 0.2) is 94.8 Å². The molecule has 0 bridgehead atoms. The zero-order valence-electron chi connectivity index (χ0n) is 22.4. The summed E-state index contributed by atoms with van der Waals surface area (Å²) in [5.74, 6) is -0.351. The maximum absolute atomic E-state index is 13.6. The van der Waals surface area contributed by atoms with E-state index in [-0.39, 0.29) is 16.5 Å². The topological polar surface area (TPSA) is 102 Å². The van der Waals surface area contributed by atoms with Crippen molar-refractivity contribution in [3.8, 4) is 11.5 Å². The van der Waals surface area contributed by atoms with Crippen molar-refractivity contribution in [2.24, 2.45) is 0 Å². The van der Waals surface area contributed by atoms with Crippen molar-refractivity contribution in [3.05, 3.63) is 112 Å². The standard InChI is InChI=1S/C32H22ClN3O5S2/c33-22-9-4-7-19(15-22)27-26(28(37)20-11-12-24-25(16-20)41-14-13-40-24)29(38)30(39)36(27)31-34-35-32(43-31)42-17-21-8-3-6-18-5-1-2-10-23(18)21/h1-12,15-16,27,37H,13-14,17H2/b28-26+/t27-/m1/s1. The Balaban J connectivity index is 1.25. The van der Waals surface area contributed by atoms with Crippen LogP contribution in [0.2, 0.25) is 5.02 Å². The summed E-state index contributed by atoms with van der Waals surface area (Å²) in [6, 6.07) is 25.1. The van der Waals surface area contributed by atoms with Gasteiger partial charge in [-0.25, -0.2) is 0 Å². The Morgan fingerprint density at radius 1 is 0.953 bits per heavy atom. The number of aliphatic hydroxyl groups excluding tert-OH is 1. The van der Waals surface area contributed by atoms with Crippen LogP contribution < -0.4 is 14.4 Å². The number of aliphatic hydroxyl groups is 1. The van der Waals surface area contributed by atoms with Crippen LogP contribution >= 0.6 is 34.7 Å². The fourth-order valence-corrected chi connectivity index (χ4v) is 7.35. The van der Waals surface area contributed by atoms with Crippen LogP contribution in [-0.4, -0.2) is 40.2 Å². The first-order valence-corrected chi connectivity index (χ1v) is 15.6. The molecular formula is C32H22ClN3O5S2. The minimum atomic E-state index is -0.976. The van der Waals surface area contributed by atoms with E-state index < -0.39 is 17.7 Å². The molecule has 0 saturated carbocycles. The SMILES string of the molecule is O=C1C(=O)N(c2nnc(SCc3cccc4ccccc34)s2)[C@H](c2cccc(Cl)c2)/C1=C(\O)c1ccc2c(c1)OCCO2. The number of carbonyl (C=O) groups excluding carboxylic acids is 2. The van der Waals surface area contributed by atoms with Crippen molar-refractivity contribution in [3.63, 3.8) is 0 Å². The number of amides is 1. The van der Waals surface area contributed by atoms with Gasteiger partial charge in [0.1, 0.15) is 19.0 Å². The first kappa shape index (κ1) is 27.5. The average molecular weight is 628 g/mol. The van der Waals surface area contributed by atoms with Crippen molar-refractivity contribution in [1.29, 1.82) is 0 Å². The molecule has 7 rings (SSSR count). The smallest absolute Gasteiger partial charge is 0.301 e. The van der Waals surface area contributed by atoms with E-state index in [0.717, 1.165) is 16.3 Å². The summed E-state index contributed by atoms with van der Waals surface area (Å²) >= 11 is 9.04. The van der Waals surface area contributed by atoms with Crippen molar-refractivity contribution in [2.45, 2.75) is 16.1 Å². The summed E-state index contributed by atoms with van der Waals surface area (Å²) in [5, 5.41) is 23.1. The molecule has 0 spiro atoms. The van der Waals surface area contributed by atoms with Crippen LogP contribution in [0.4, 0.5) is 5.13 Å². The van der Waals surface area contributed by atoms with Gasteiger partial charge in [0.2, 0.25) is 5.13 Å². The Morgan fingerprint density at radius 3 is 2.60 bits per heavy atom. The van der Waals surface area contributed by atoms with Crippen molar-refractivity contribution in [2.75, 3.05) is 18.1 Å².